The summed E-state index contributed by atoms with van der Waals surface area (Å²) in [6, 6.07) is 0. The lowest BCUT2D eigenvalue weighted by molar-refractivity contribution is 0.310. The van der Waals surface area contributed by atoms with Gasteiger partial charge in [-0.3, -0.25) is 9.36 Å². The van der Waals surface area contributed by atoms with E-state index in [9.17, 15) is 4.79 Å². The van der Waals surface area contributed by atoms with Gasteiger partial charge >= 0.3 is 5.56 Å². The van der Waals surface area contributed by atoms with Crippen LogP contribution in [0, 0.1) is 0 Å². The molecule has 7 heteroatoms. The van der Waals surface area contributed by atoms with Crippen molar-refractivity contribution in [2.45, 2.75) is 51.5 Å². The van der Waals surface area contributed by atoms with Gasteiger partial charge in [-0.05, 0) is 19.3 Å². The topological polar surface area (TPSA) is 95.8 Å². The van der Waals surface area contributed by atoms with Crippen LogP contribution in [0.25, 0.3) is 11.2 Å². The fourth-order valence-electron chi connectivity index (χ4n) is 3.17. The maximum absolute atomic E-state index is 12.2. The third kappa shape index (κ3) is 2.72. The van der Waals surface area contributed by atoms with E-state index in [1.165, 1.54) is 12.8 Å². The first-order valence-electron chi connectivity index (χ1n) is 8.09. The van der Waals surface area contributed by atoms with Crippen molar-refractivity contribution in [2.24, 2.45) is 0 Å². The Hall–Kier alpha value is -1.89. The largest absolute Gasteiger partial charge is 0.395 e. The highest BCUT2D eigenvalue weighted by Gasteiger charge is 2.22. The number of nitrogens with zero attached hydrogens (tertiary/aromatic N) is 3. The maximum atomic E-state index is 12.2. The number of aryl methyl sites for hydroxylation is 1. The van der Waals surface area contributed by atoms with E-state index >= 15 is 0 Å². The summed E-state index contributed by atoms with van der Waals surface area (Å²) in [6.07, 6.45) is 5.62. The minimum atomic E-state index is -0.292. The SMILES string of the molecule is CCCn1c(NCCO)nc(=O)c2[nH]c(C3CCCC3)nc21. The molecule has 1 fully saturated rings. The van der Waals surface area contributed by atoms with Gasteiger partial charge in [0.15, 0.2) is 11.2 Å². The second-order valence-electron chi connectivity index (χ2n) is 5.84. The summed E-state index contributed by atoms with van der Waals surface area (Å²) in [6.45, 7) is 3.16. The molecule has 0 aromatic carbocycles. The van der Waals surface area contributed by atoms with Gasteiger partial charge in [-0.2, -0.15) is 4.98 Å². The number of imidazole rings is 1. The molecule has 0 bridgehead atoms. The Morgan fingerprint density at radius 2 is 2.14 bits per heavy atom. The Kier molecular flexibility index (Phi) is 4.42. The van der Waals surface area contributed by atoms with Gasteiger partial charge in [0.25, 0.3) is 0 Å². The maximum Gasteiger partial charge on any atom is 0.300 e. The summed E-state index contributed by atoms with van der Waals surface area (Å²) >= 11 is 0. The smallest absolute Gasteiger partial charge is 0.300 e. The second kappa shape index (κ2) is 6.48. The van der Waals surface area contributed by atoms with Crippen molar-refractivity contribution in [3.8, 4) is 0 Å². The molecule has 0 unspecified atom stereocenters. The molecule has 1 aliphatic rings. The molecular weight excluding hydrogens is 282 g/mol. The zero-order valence-corrected chi connectivity index (χ0v) is 12.9. The monoisotopic (exact) mass is 305 g/mol. The number of aliphatic hydroxyl groups is 1. The number of fused-ring (bicyclic) bond motifs is 1. The predicted octanol–water partition coefficient (Wildman–Crippen LogP) is 1.59. The summed E-state index contributed by atoms with van der Waals surface area (Å²) in [4.78, 5) is 24.3. The van der Waals surface area contributed by atoms with Crippen molar-refractivity contribution in [3.63, 3.8) is 0 Å². The van der Waals surface area contributed by atoms with Gasteiger partial charge in [-0.15, -0.1) is 0 Å². The van der Waals surface area contributed by atoms with Crippen LogP contribution in [-0.4, -0.2) is 37.8 Å². The molecule has 7 nitrogen and oxygen atoms in total. The Morgan fingerprint density at radius 1 is 1.36 bits per heavy atom. The van der Waals surface area contributed by atoms with Crippen LogP contribution >= 0.6 is 0 Å². The van der Waals surface area contributed by atoms with Crippen molar-refractivity contribution < 1.29 is 5.11 Å². The molecule has 0 aliphatic heterocycles. The summed E-state index contributed by atoms with van der Waals surface area (Å²) in [7, 11) is 0. The zero-order chi connectivity index (χ0) is 15.5. The van der Waals surface area contributed by atoms with E-state index in [0.717, 1.165) is 31.6 Å². The molecule has 2 aromatic heterocycles. The predicted molar refractivity (Wildman–Crippen MR) is 85.2 cm³/mol. The van der Waals surface area contributed by atoms with Gasteiger partial charge in [0.1, 0.15) is 5.82 Å². The third-order valence-electron chi connectivity index (χ3n) is 4.22. The lowest BCUT2D eigenvalue weighted by Gasteiger charge is -2.12. The van der Waals surface area contributed by atoms with Crippen molar-refractivity contribution in [1.29, 1.82) is 0 Å². The number of nitrogens with one attached hydrogen (secondary N) is 2. The highest BCUT2D eigenvalue weighted by molar-refractivity contribution is 5.72. The molecule has 1 saturated carbocycles. The van der Waals surface area contributed by atoms with E-state index in [-0.39, 0.29) is 12.2 Å². The quantitative estimate of drug-likeness (QED) is 0.753. The van der Waals surface area contributed by atoms with E-state index in [2.05, 4.69) is 22.2 Å². The number of hydrogen-bond acceptors (Lipinski definition) is 5. The van der Waals surface area contributed by atoms with Crippen LogP contribution in [0.1, 0.15) is 50.8 Å². The van der Waals surface area contributed by atoms with Gasteiger partial charge in [-0.25, -0.2) is 4.98 Å². The highest BCUT2D eigenvalue weighted by atomic mass is 16.3. The minimum absolute atomic E-state index is 0.00603. The normalized spacial score (nSPS) is 15.7. The molecule has 2 heterocycles. The molecule has 120 valence electrons. The van der Waals surface area contributed by atoms with E-state index in [1.807, 2.05) is 4.57 Å². The lowest BCUT2D eigenvalue weighted by atomic mass is 10.1. The van der Waals surface area contributed by atoms with Crippen molar-refractivity contribution in [3.05, 3.63) is 16.2 Å². The van der Waals surface area contributed by atoms with Gasteiger partial charge < -0.3 is 15.4 Å². The van der Waals surface area contributed by atoms with Crippen LogP contribution in [0.5, 0.6) is 0 Å². The Labute approximate surface area is 128 Å². The summed E-state index contributed by atoms with van der Waals surface area (Å²) in [5.74, 6) is 1.82. The summed E-state index contributed by atoms with van der Waals surface area (Å²) in [5, 5.41) is 12.0. The first-order valence-corrected chi connectivity index (χ1v) is 8.09. The molecule has 0 radical (unpaired) electrons. The Bertz CT molecular complexity index is 700. The van der Waals surface area contributed by atoms with Crippen molar-refractivity contribution in [1.82, 2.24) is 19.5 Å². The third-order valence-corrected chi connectivity index (χ3v) is 4.22. The van der Waals surface area contributed by atoms with Gasteiger partial charge in [0.05, 0.1) is 6.61 Å². The van der Waals surface area contributed by atoms with E-state index in [0.29, 0.717) is 29.6 Å². The van der Waals surface area contributed by atoms with Crippen molar-refractivity contribution >= 4 is 17.1 Å². The minimum Gasteiger partial charge on any atom is -0.395 e. The number of aliphatic hydroxyl groups excluding tert-OH is 1. The molecule has 0 atom stereocenters. The van der Waals surface area contributed by atoms with Gasteiger partial charge in [-0.1, -0.05) is 19.8 Å². The number of anilines is 1. The lowest BCUT2D eigenvalue weighted by Crippen LogP contribution is -2.21. The first-order chi connectivity index (χ1) is 10.7. The van der Waals surface area contributed by atoms with E-state index in [1.54, 1.807) is 0 Å². The molecule has 0 saturated heterocycles. The van der Waals surface area contributed by atoms with E-state index in [4.69, 9.17) is 10.1 Å². The molecular formula is C15H23N5O2. The van der Waals surface area contributed by atoms with E-state index < -0.39 is 0 Å². The number of aromatic amines is 1. The van der Waals surface area contributed by atoms with Crippen LogP contribution in [0.4, 0.5) is 5.95 Å². The number of hydrogen-bond donors (Lipinski definition) is 3. The Balaban J connectivity index is 2.09. The van der Waals surface area contributed by atoms with Crippen LogP contribution in [0.3, 0.4) is 0 Å². The molecule has 3 N–H and O–H groups in total. The summed E-state index contributed by atoms with van der Waals surface area (Å²) < 4.78 is 1.93. The molecule has 2 aromatic rings. The van der Waals surface area contributed by atoms with Crippen LogP contribution in [0.15, 0.2) is 4.79 Å². The van der Waals surface area contributed by atoms with Crippen LogP contribution in [0.2, 0.25) is 0 Å². The molecule has 22 heavy (non-hydrogen) atoms. The van der Waals surface area contributed by atoms with Gasteiger partial charge in [0, 0.05) is 19.0 Å². The second-order valence-corrected chi connectivity index (χ2v) is 5.84. The standard InChI is InChI=1S/C15H23N5O2/c1-2-8-20-13-11(14(22)19-15(20)16-7-9-21)17-12(18-13)10-5-3-4-6-10/h10,21H,2-9H2,1H3,(H,17,18)(H,16,19,22). The van der Waals surface area contributed by atoms with Gasteiger partial charge in [0.2, 0.25) is 5.95 Å². The highest BCUT2D eigenvalue weighted by Crippen LogP contribution is 2.33. The fourth-order valence-corrected chi connectivity index (χ4v) is 3.17. The molecule has 0 amide bonds. The molecule has 3 rings (SSSR count). The number of rotatable bonds is 6. The first kappa shape index (κ1) is 15.0. The number of H-pyrrole nitrogens is 1. The van der Waals surface area contributed by atoms with Crippen LogP contribution < -0.4 is 10.9 Å². The fraction of sp³-hybridized carbons (Fsp3) is 0.667. The number of aromatic nitrogens is 4. The zero-order valence-electron chi connectivity index (χ0n) is 12.9. The average Bonchev–Trinajstić information content (AvgIpc) is 3.17. The molecule has 1 aliphatic carbocycles. The van der Waals surface area contributed by atoms with Crippen molar-refractivity contribution in [2.75, 3.05) is 18.5 Å². The Morgan fingerprint density at radius 3 is 2.82 bits per heavy atom. The summed E-state index contributed by atoms with van der Waals surface area (Å²) in [5.41, 5.74) is 0.869. The average molecular weight is 305 g/mol. The van der Waals surface area contributed by atoms with Crippen LogP contribution in [-0.2, 0) is 6.54 Å². The molecule has 0 spiro atoms.